The van der Waals surface area contributed by atoms with Crippen molar-refractivity contribution >= 4 is 5.78 Å². The third kappa shape index (κ3) is 2.23. The number of hydrogen-bond donors (Lipinski definition) is 1. The number of hydrogen-bond acceptors (Lipinski definition) is 2. The van der Waals surface area contributed by atoms with E-state index < -0.39 is 0 Å². The van der Waals surface area contributed by atoms with Gasteiger partial charge in [0.15, 0.2) is 5.78 Å². The van der Waals surface area contributed by atoms with E-state index in [1.807, 2.05) is 0 Å². The summed E-state index contributed by atoms with van der Waals surface area (Å²) >= 11 is 0. The Kier molecular flexibility index (Phi) is 3.02. The molecular formula is C17H19NO. The zero-order valence-corrected chi connectivity index (χ0v) is 11.5. The van der Waals surface area contributed by atoms with E-state index in [1.165, 1.54) is 11.1 Å². The minimum absolute atomic E-state index is 0.129. The quantitative estimate of drug-likeness (QED) is 0.828. The fourth-order valence-corrected chi connectivity index (χ4v) is 3.00. The van der Waals surface area contributed by atoms with Gasteiger partial charge < -0.3 is 5.32 Å². The van der Waals surface area contributed by atoms with Crippen molar-refractivity contribution < 1.29 is 4.79 Å². The maximum atomic E-state index is 12.3. The van der Waals surface area contributed by atoms with Gasteiger partial charge >= 0.3 is 0 Å². The van der Waals surface area contributed by atoms with Crippen LogP contribution in [0, 0.1) is 6.92 Å². The van der Waals surface area contributed by atoms with Gasteiger partial charge in [0, 0.05) is 29.3 Å². The highest BCUT2D eigenvalue weighted by atomic mass is 16.1. The fourth-order valence-electron chi connectivity index (χ4n) is 3.00. The molecule has 0 saturated heterocycles. The van der Waals surface area contributed by atoms with E-state index in [-0.39, 0.29) is 5.92 Å². The van der Waals surface area contributed by atoms with Crippen molar-refractivity contribution in [2.45, 2.75) is 39.0 Å². The van der Waals surface area contributed by atoms with Gasteiger partial charge in [0.05, 0.1) is 0 Å². The molecule has 2 aliphatic rings. The molecule has 2 nitrogen and oxygen atoms in total. The monoisotopic (exact) mass is 253 g/mol. The average Bonchev–Trinajstić information content (AvgIpc) is 2.38. The SMILES string of the molecule is CC1=CC(c2ccc(C)cc2)C2=C(CCCC2=O)N1. The van der Waals surface area contributed by atoms with Crippen LogP contribution in [0.1, 0.15) is 43.2 Å². The van der Waals surface area contributed by atoms with Gasteiger partial charge in [0.25, 0.3) is 0 Å². The number of carbonyl (C=O) groups excluding carboxylic acids is 1. The molecule has 3 rings (SSSR count). The maximum Gasteiger partial charge on any atom is 0.161 e. The van der Waals surface area contributed by atoms with Crippen LogP contribution in [0.2, 0.25) is 0 Å². The summed E-state index contributed by atoms with van der Waals surface area (Å²) in [4.78, 5) is 12.3. The highest BCUT2D eigenvalue weighted by molar-refractivity contribution is 5.99. The summed E-state index contributed by atoms with van der Waals surface area (Å²) in [6, 6.07) is 8.52. The van der Waals surface area contributed by atoms with Crippen LogP contribution in [-0.4, -0.2) is 5.78 Å². The molecule has 1 atom stereocenters. The molecule has 0 fully saturated rings. The lowest BCUT2D eigenvalue weighted by Crippen LogP contribution is -2.28. The lowest BCUT2D eigenvalue weighted by Gasteiger charge is -2.30. The first-order valence-corrected chi connectivity index (χ1v) is 6.93. The van der Waals surface area contributed by atoms with Crippen LogP contribution in [0.25, 0.3) is 0 Å². The molecule has 1 heterocycles. The van der Waals surface area contributed by atoms with Crippen LogP contribution in [0.5, 0.6) is 0 Å². The number of ketones is 1. The zero-order chi connectivity index (χ0) is 13.4. The molecule has 1 aliphatic heterocycles. The number of rotatable bonds is 1. The van der Waals surface area contributed by atoms with Gasteiger partial charge in [-0.05, 0) is 32.3 Å². The number of nitrogens with one attached hydrogen (secondary N) is 1. The molecule has 0 radical (unpaired) electrons. The second-order valence-corrected chi connectivity index (χ2v) is 5.53. The Hall–Kier alpha value is -1.83. The van der Waals surface area contributed by atoms with Gasteiger partial charge in [-0.15, -0.1) is 0 Å². The number of allylic oxidation sites excluding steroid dienone is 4. The van der Waals surface area contributed by atoms with Crippen LogP contribution in [-0.2, 0) is 4.79 Å². The van der Waals surface area contributed by atoms with Crippen LogP contribution < -0.4 is 5.32 Å². The molecule has 1 aromatic carbocycles. The molecular weight excluding hydrogens is 234 g/mol. The molecule has 1 aliphatic carbocycles. The first-order valence-electron chi connectivity index (χ1n) is 6.93. The normalized spacial score (nSPS) is 22.7. The van der Waals surface area contributed by atoms with Gasteiger partial charge in [0.1, 0.15) is 0 Å². The van der Waals surface area contributed by atoms with Crippen LogP contribution in [0.3, 0.4) is 0 Å². The summed E-state index contributed by atoms with van der Waals surface area (Å²) in [6.07, 6.45) is 4.83. The van der Waals surface area contributed by atoms with E-state index in [2.05, 4.69) is 49.5 Å². The van der Waals surface area contributed by atoms with E-state index in [0.29, 0.717) is 12.2 Å². The third-order valence-corrected chi connectivity index (χ3v) is 3.97. The third-order valence-electron chi connectivity index (χ3n) is 3.97. The van der Waals surface area contributed by atoms with E-state index in [0.717, 1.165) is 29.8 Å². The zero-order valence-electron chi connectivity index (χ0n) is 11.5. The Bertz CT molecular complexity index is 578. The number of dihydropyridines is 1. The van der Waals surface area contributed by atoms with Crippen molar-refractivity contribution in [3.05, 3.63) is 58.4 Å². The van der Waals surface area contributed by atoms with Crippen molar-refractivity contribution in [1.29, 1.82) is 0 Å². The maximum absolute atomic E-state index is 12.3. The van der Waals surface area contributed by atoms with Gasteiger partial charge in [-0.25, -0.2) is 0 Å². The van der Waals surface area contributed by atoms with Crippen LogP contribution in [0.4, 0.5) is 0 Å². The molecule has 1 N–H and O–H groups in total. The highest BCUT2D eigenvalue weighted by Crippen LogP contribution is 2.37. The van der Waals surface area contributed by atoms with Gasteiger partial charge in [-0.2, -0.15) is 0 Å². The molecule has 1 unspecified atom stereocenters. The minimum atomic E-state index is 0.129. The molecule has 2 heteroatoms. The van der Waals surface area contributed by atoms with Crippen molar-refractivity contribution in [3.63, 3.8) is 0 Å². The Labute approximate surface area is 114 Å². The largest absolute Gasteiger partial charge is 0.362 e. The predicted molar refractivity (Wildman–Crippen MR) is 76.7 cm³/mol. The van der Waals surface area contributed by atoms with Crippen molar-refractivity contribution in [2.24, 2.45) is 0 Å². The lowest BCUT2D eigenvalue weighted by molar-refractivity contribution is -0.116. The number of carbonyl (C=O) groups is 1. The Morgan fingerprint density at radius 3 is 2.58 bits per heavy atom. The number of benzene rings is 1. The molecule has 0 saturated carbocycles. The molecule has 19 heavy (non-hydrogen) atoms. The Balaban J connectivity index is 2.06. The molecule has 1 aromatic rings. The van der Waals surface area contributed by atoms with E-state index in [4.69, 9.17) is 0 Å². The van der Waals surface area contributed by atoms with E-state index in [9.17, 15) is 4.79 Å². The second kappa shape index (κ2) is 4.69. The minimum Gasteiger partial charge on any atom is -0.362 e. The van der Waals surface area contributed by atoms with Gasteiger partial charge in [-0.3, -0.25) is 4.79 Å². The second-order valence-electron chi connectivity index (χ2n) is 5.53. The van der Waals surface area contributed by atoms with Gasteiger partial charge in [-0.1, -0.05) is 35.9 Å². The summed E-state index contributed by atoms with van der Waals surface area (Å²) in [5, 5.41) is 3.38. The average molecular weight is 253 g/mol. The summed E-state index contributed by atoms with van der Waals surface area (Å²) in [6.45, 7) is 4.16. The summed E-state index contributed by atoms with van der Waals surface area (Å²) in [5.74, 6) is 0.438. The molecule has 0 aromatic heterocycles. The van der Waals surface area contributed by atoms with E-state index in [1.54, 1.807) is 0 Å². The first-order chi connectivity index (χ1) is 9.15. The molecule has 0 bridgehead atoms. The van der Waals surface area contributed by atoms with Crippen LogP contribution in [0.15, 0.2) is 47.3 Å². The molecule has 98 valence electrons. The van der Waals surface area contributed by atoms with Crippen molar-refractivity contribution in [3.8, 4) is 0 Å². The predicted octanol–water partition coefficient (Wildman–Crippen LogP) is 3.59. The summed E-state index contributed by atoms with van der Waals surface area (Å²) in [7, 11) is 0. The molecule has 0 amide bonds. The first kappa shape index (κ1) is 12.2. The standard InChI is InChI=1S/C17H19NO/c1-11-6-8-13(9-7-11)14-10-12(2)18-15-4-3-5-16(19)17(14)15/h6-10,14,18H,3-5H2,1-2H3. The summed E-state index contributed by atoms with van der Waals surface area (Å²) in [5.41, 5.74) is 5.75. The highest BCUT2D eigenvalue weighted by Gasteiger charge is 2.30. The lowest BCUT2D eigenvalue weighted by atomic mass is 9.79. The van der Waals surface area contributed by atoms with Crippen molar-refractivity contribution in [1.82, 2.24) is 5.32 Å². The van der Waals surface area contributed by atoms with Crippen LogP contribution >= 0.6 is 0 Å². The van der Waals surface area contributed by atoms with Crippen molar-refractivity contribution in [2.75, 3.05) is 0 Å². The summed E-state index contributed by atoms with van der Waals surface area (Å²) < 4.78 is 0. The Morgan fingerprint density at radius 1 is 1.11 bits per heavy atom. The van der Waals surface area contributed by atoms with E-state index >= 15 is 0 Å². The fraction of sp³-hybridized carbons (Fsp3) is 0.353. The Morgan fingerprint density at radius 2 is 1.84 bits per heavy atom. The smallest absolute Gasteiger partial charge is 0.161 e. The number of Topliss-reactive ketones (excluding diaryl/α,β-unsaturated/α-hetero) is 1. The topological polar surface area (TPSA) is 29.1 Å². The van der Waals surface area contributed by atoms with Gasteiger partial charge in [0.2, 0.25) is 0 Å². The molecule has 0 spiro atoms. The number of aryl methyl sites for hydroxylation is 1.